The van der Waals surface area contributed by atoms with Gasteiger partial charge in [-0.25, -0.2) is 8.42 Å². The zero-order valence-electron chi connectivity index (χ0n) is 11.7. The Morgan fingerprint density at radius 2 is 1.90 bits per heavy atom. The summed E-state index contributed by atoms with van der Waals surface area (Å²) in [6.07, 6.45) is 0. The average Bonchev–Trinajstić information content (AvgIpc) is 3.02. The third-order valence-corrected chi connectivity index (χ3v) is 6.06. The summed E-state index contributed by atoms with van der Waals surface area (Å²) in [5, 5.41) is 3.38. The lowest BCUT2D eigenvalue weighted by atomic mass is 9.95. The lowest BCUT2D eigenvalue weighted by molar-refractivity contribution is 0.234. The summed E-state index contributed by atoms with van der Waals surface area (Å²) in [5.74, 6) is -2.18. The van der Waals surface area contributed by atoms with Crippen molar-refractivity contribution in [2.75, 3.05) is 24.5 Å². The first-order chi connectivity index (χ1) is 9.91. The predicted octanol–water partition coefficient (Wildman–Crippen LogP) is 1.73. The molecular weight excluding hydrogens is 298 g/mol. The van der Waals surface area contributed by atoms with Crippen molar-refractivity contribution < 1.29 is 17.2 Å². The van der Waals surface area contributed by atoms with E-state index in [2.05, 4.69) is 17.1 Å². The molecule has 3 rings (SSSR count). The molecule has 2 saturated heterocycles. The Labute approximate surface area is 123 Å². The minimum atomic E-state index is -4.51. The number of nitrogens with one attached hydrogen (secondary N) is 1. The smallest absolute Gasteiger partial charge is 0.341 e. The standard InChI is InChI=1S/C14H18F2N2O2S/c1-9-13-7-17-6-10(13)8-18(9)11-2-4-12(5-3-11)21(19,20)14(15)16/h2-5,9-10,13-14,17H,6-8H2,1H3. The molecule has 21 heavy (non-hydrogen) atoms. The minimum Gasteiger partial charge on any atom is -0.368 e. The summed E-state index contributed by atoms with van der Waals surface area (Å²) >= 11 is 0. The number of sulfone groups is 1. The van der Waals surface area contributed by atoms with Crippen LogP contribution in [0.5, 0.6) is 0 Å². The topological polar surface area (TPSA) is 49.4 Å². The van der Waals surface area contributed by atoms with Crippen LogP contribution in [0.1, 0.15) is 6.92 Å². The molecule has 2 aliphatic rings. The Hall–Kier alpha value is -1.21. The maximum atomic E-state index is 12.5. The number of halogens is 2. The van der Waals surface area contributed by atoms with Crippen LogP contribution < -0.4 is 10.2 Å². The molecular formula is C14H18F2N2O2S. The van der Waals surface area contributed by atoms with E-state index in [1.54, 1.807) is 12.1 Å². The second kappa shape index (κ2) is 5.21. The molecule has 1 N–H and O–H groups in total. The van der Waals surface area contributed by atoms with Gasteiger partial charge in [0.25, 0.3) is 0 Å². The lowest BCUT2D eigenvalue weighted by Gasteiger charge is -2.26. The highest BCUT2D eigenvalue weighted by molar-refractivity contribution is 7.91. The highest BCUT2D eigenvalue weighted by Gasteiger charge is 2.41. The van der Waals surface area contributed by atoms with Crippen LogP contribution >= 0.6 is 0 Å². The third-order valence-electron chi connectivity index (χ3n) is 4.67. The van der Waals surface area contributed by atoms with E-state index in [4.69, 9.17) is 0 Å². The Kier molecular flexibility index (Phi) is 3.65. The number of hydrogen-bond donors (Lipinski definition) is 1. The van der Waals surface area contributed by atoms with Crippen LogP contribution in [-0.2, 0) is 9.84 Å². The Bertz CT molecular complexity index is 618. The molecule has 116 valence electrons. The van der Waals surface area contributed by atoms with Crippen molar-refractivity contribution in [1.82, 2.24) is 5.32 Å². The minimum absolute atomic E-state index is 0.324. The molecule has 3 unspecified atom stereocenters. The van der Waals surface area contributed by atoms with Gasteiger partial charge in [0, 0.05) is 31.4 Å². The second-order valence-electron chi connectivity index (χ2n) is 5.77. The van der Waals surface area contributed by atoms with E-state index in [1.165, 1.54) is 12.1 Å². The van der Waals surface area contributed by atoms with Gasteiger partial charge >= 0.3 is 5.76 Å². The number of anilines is 1. The van der Waals surface area contributed by atoms with Crippen LogP contribution in [0.2, 0.25) is 0 Å². The van der Waals surface area contributed by atoms with E-state index >= 15 is 0 Å². The number of fused-ring (bicyclic) bond motifs is 1. The Balaban J connectivity index is 1.82. The largest absolute Gasteiger partial charge is 0.368 e. The van der Waals surface area contributed by atoms with Crippen molar-refractivity contribution in [2.24, 2.45) is 11.8 Å². The molecule has 0 aliphatic carbocycles. The molecule has 4 nitrogen and oxygen atoms in total. The Morgan fingerprint density at radius 1 is 1.24 bits per heavy atom. The molecule has 2 fully saturated rings. The molecule has 0 saturated carbocycles. The number of nitrogens with zero attached hydrogens (tertiary/aromatic N) is 1. The van der Waals surface area contributed by atoms with Gasteiger partial charge in [-0.05, 0) is 43.0 Å². The van der Waals surface area contributed by atoms with Crippen molar-refractivity contribution in [3.05, 3.63) is 24.3 Å². The summed E-state index contributed by atoms with van der Waals surface area (Å²) in [7, 11) is -4.51. The van der Waals surface area contributed by atoms with Crippen molar-refractivity contribution in [2.45, 2.75) is 23.6 Å². The van der Waals surface area contributed by atoms with Gasteiger partial charge in [-0.3, -0.25) is 0 Å². The summed E-state index contributed by atoms with van der Waals surface area (Å²) in [5.41, 5.74) is 0.894. The van der Waals surface area contributed by atoms with Gasteiger partial charge in [-0.15, -0.1) is 0 Å². The van der Waals surface area contributed by atoms with Crippen LogP contribution in [0.4, 0.5) is 14.5 Å². The molecule has 2 heterocycles. The maximum Gasteiger partial charge on any atom is 0.341 e. The normalized spacial score (nSPS) is 29.1. The van der Waals surface area contributed by atoms with Crippen LogP contribution in [0.25, 0.3) is 0 Å². The van der Waals surface area contributed by atoms with Gasteiger partial charge in [0.2, 0.25) is 9.84 Å². The monoisotopic (exact) mass is 316 g/mol. The first-order valence-corrected chi connectivity index (χ1v) is 8.55. The van der Waals surface area contributed by atoms with E-state index in [0.29, 0.717) is 17.9 Å². The molecule has 0 radical (unpaired) electrons. The van der Waals surface area contributed by atoms with Crippen LogP contribution in [0, 0.1) is 11.8 Å². The van der Waals surface area contributed by atoms with Crippen LogP contribution in [0.15, 0.2) is 29.2 Å². The van der Waals surface area contributed by atoms with Gasteiger partial charge in [-0.1, -0.05) is 0 Å². The molecule has 3 atom stereocenters. The van der Waals surface area contributed by atoms with Crippen molar-refractivity contribution in [3.8, 4) is 0 Å². The summed E-state index contributed by atoms with van der Waals surface area (Å²) in [6, 6.07) is 6.16. The number of hydrogen-bond acceptors (Lipinski definition) is 4. The van der Waals surface area contributed by atoms with Crippen molar-refractivity contribution in [1.29, 1.82) is 0 Å². The summed E-state index contributed by atoms with van der Waals surface area (Å²) in [4.78, 5) is 1.91. The summed E-state index contributed by atoms with van der Waals surface area (Å²) < 4.78 is 47.9. The molecule has 2 aliphatic heterocycles. The number of rotatable bonds is 3. The van der Waals surface area contributed by atoms with Gasteiger partial charge < -0.3 is 10.2 Å². The molecule has 0 amide bonds. The van der Waals surface area contributed by atoms with E-state index in [1.807, 2.05) is 0 Å². The van der Waals surface area contributed by atoms with E-state index < -0.39 is 15.6 Å². The zero-order chi connectivity index (χ0) is 15.2. The zero-order valence-corrected chi connectivity index (χ0v) is 12.5. The molecule has 7 heteroatoms. The van der Waals surface area contributed by atoms with Crippen molar-refractivity contribution in [3.63, 3.8) is 0 Å². The van der Waals surface area contributed by atoms with Gasteiger partial charge in [-0.2, -0.15) is 8.78 Å². The Morgan fingerprint density at radius 3 is 2.48 bits per heavy atom. The molecule has 1 aromatic carbocycles. The van der Waals surface area contributed by atoms with E-state index in [9.17, 15) is 17.2 Å². The quantitative estimate of drug-likeness (QED) is 0.923. The first kappa shape index (κ1) is 14.7. The highest BCUT2D eigenvalue weighted by atomic mass is 32.2. The molecule has 0 bridgehead atoms. The van der Waals surface area contributed by atoms with Crippen LogP contribution in [-0.4, -0.2) is 39.9 Å². The fraction of sp³-hybridized carbons (Fsp3) is 0.571. The average molecular weight is 316 g/mol. The number of benzene rings is 1. The summed E-state index contributed by atoms with van der Waals surface area (Å²) in [6.45, 7) is 5.07. The van der Waals surface area contributed by atoms with Gasteiger partial charge in [0.15, 0.2) is 0 Å². The lowest BCUT2D eigenvalue weighted by Crippen LogP contribution is -2.33. The fourth-order valence-electron chi connectivity index (χ4n) is 3.44. The van der Waals surface area contributed by atoms with Gasteiger partial charge in [0.1, 0.15) is 0 Å². The highest BCUT2D eigenvalue weighted by Crippen LogP contribution is 2.36. The van der Waals surface area contributed by atoms with E-state index in [0.717, 1.165) is 25.3 Å². The fourth-order valence-corrected chi connectivity index (χ4v) is 4.16. The molecule has 0 aromatic heterocycles. The predicted molar refractivity (Wildman–Crippen MR) is 76.3 cm³/mol. The molecule has 0 spiro atoms. The van der Waals surface area contributed by atoms with Crippen molar-refractivity contribution >= 4 is 15.5 Å². The SMILES string of the molecule is CC1C2CNCC2CN1c1ccc(S(=O)(=O)C(F)F)cc1. The van der Waals surface area contributed by atoms with Crippen LogP contribution in [0.3, 0.4) is 0 Å². The number of alkyl halides is 2. The third kappa shape index (κ3) is 2.42. The maximum absolute atomic E-state index is 12.5. The molecule has 1 aromatic rings. The van der Waals surface area contributed by atoms with Gasteiger partial charge in [0.05, 0.1) is 4.90 Å². The first-order valence-electron chi connectivity index (χ1n) is 7.00. The van der Waals surface area contributed by atoms with E-state index in [-0.39, 0.29) is 4.90 Å². The second-order valence-corrected chi connectivity index (χ2v) is 7.69.